The highest BCUT2D eigenvalue weighted by molar-refractivity contribution is 6.01. The van der Waals surface area contributed by atoms with Crippen molar-refractivity contribution in [3.8, 4) is 0 Å². The third-order valence-electron chi connectivity index (χ3n) is 4.02. The molecule has 2 aromatic rings. The van der Waals surface area contributed by atoms with E-state index in [1.165, 1.54) is 37.5 Å². The number of rotatable bonds is 4. The number of benzene rings is 1. The van der Waals surface area contributed by atoms with Crippen molar-refractivity contribution in [3.63, 3.8) is 0 Å². The summed E-state index contributed by atoms with van der Waals surface area (Å²) in [4.78, 5) is 18.5. The minimum Gasteiger partial charge on any atom is -0.370 e. The zero-order chi connectivity index (χ0) is 16.8. The fourth-order valence-corrected chi connectivity index (χ4v) is 2.71. The van der Waals surface area contributed by atoms with Crippen LogP contribution in [0.4, 0.5) is 15.9 Å². The molecule has 24 heavy (non-hydrogen) atoms. The molecule has 3 rings (SSSR count). The quantitative estimate of drug-likeness (QED) is 0.868. The summed E-state index contributed by atoms with van der Waals surface area (Å²) in [6, 6.07) is 9.75. The second-order valence-electron chi connectivity index (χ2n) is 5.82. The molecule has 1 aliphatic rings. The van der Waals surface area contributed by atoms with E-state index in [0.717, 1.165) is 24.3 Å². The van der Waals surface area contributed by atoms with E-state index in [1.54, 1.807) is 24.4 Å². The molecule has 0 spiro atoms. The number of nitrogens with one attached hydrogen (secondary N) is 1. The Hall–Kier alpha value is -2.69. The number of aromatic nitrogens is 1. The van der Waals surface area contributed by atoms with E-state index in [2.05, 4.69) is 15.2 Å². The van der Waals surface area contributed by atoms with Crippen molar-refractivity contribution in [2.24, 2.45) is 0 Å². The fraction of sp³-hybridized carbons (Fsp3) is 0.263. The van der Waals surface area contributed by atoms with Gasteiger partial charge in [-0.3, -0.25) is 4.79 Å². The molecule has 1 saturated heterocycles. The van der Waals surface area contributed by atoms with Gasteiger partial charge in [-0.25, -0.2) is 9.37 Å². The van der Waals surface area contributed by atoms with E-state index in [4.69, 9.17) is 0 Å². The number of anilines is 2. The molecule has 0 unspecified atom stereocenters. The summed E-state index contributed by atoms with van der Waals surface area (Å²) in [6.07, 6.45) is 8.56. The van der Waals surface area contributed by atoms with Crippen LogP contribution in [0.25, 0.3) is 6.08 Å². The number of hydrogen-bond acceptors (Lipinski definition) is 3. The van der Waals surface area contributed by atoms with Crippen molar-refractivity contribution in [1.29, 1.82) is 0 Å². The first-order valence-electron chi connectivity index (χ1n) is 8.16. The highest BCUT2D eigenvalue weighted by Crippen LogP contribution is 2.19. The number of amides is 1. The lowest BCUT2D eigenvalue weighted by Gasteiger charge is -2.28. The highest BCUT2D eigenvalue weighted by atomic mass is 19.1. The number of halogens is 1. The van der Waals surface area contributed by atoms with Gasteiger partial charge in [0.15, 0.2) is 0 Å². The van der Waals surface area contributed by atoms with Crippen LogP contribution in [0.15, 0.2) is 48.7 Å². The van der Waals surface area contributed by atoms with Gasteiger partial charge in [-0.1, -0.05) is 12.1 Å². The van der Waals surface area contributed by atoms with E-state index < -0.39 is 0 Å². The fourth-order valence-electron chi connectivity index (χ4n) is 2.71. The van der Waals surface area contributed by atoms with Crippen LogP contribution >= 0.6 is 0 Å². The maximum absolute atomic E-state index is 12.8. The lowest BCUT2D eigenvalue weighted by atomic mass is 10.1. The number of nitrogens with zero attached hydrogens (tertiary/aromatic N) is 2. The van der Waals surface area contributed by atoms with Gasteiger partial charge in [-0.2, -0.15) is 0 Å². The van der Waals surface area contributed by atoms with Gasteiger partial charge in [-0.15, -0.1) is 0 Å². The Balaban J connectivity index is 1.57. The van der Waals surface area contributed by atoms with Gasteiger partial charge in [-0.05, 0) is 55.2 Å². The zero-order valence-electron chi connectivity index (χ0n) is 13.4. The van der Waals surface area contributed by atoms with Gasteiger partial charge >= 0.3 is 0 Å². The third-order valence-corrected chi connectivity index (χ3v) is 4.02. The average Bonchev–Trinajstić information content (AvgIpc) is 2.63. The van der Waals surface area contributed by atoms with E-state index in [9.17, 15) is 9.18 Å². The zero-order valence-corrected chi connectivity index (χ0v) is 13.4. The molecular formula is C19H20FN3O. The molecule has 2 heterocycles. The van der Waals surface area contributed by atoms with Crippen molar-refractivity contribution in [2.75, 3.05) is 23.3 Å². The van der Waals surface area contributed by atoms with E-state index in [1.807, 2.05) is 12.1 Å². The maximum atomic E-state index is 12.8. The molecule has 0 bridgehead atoms. The maximum Gasteiger partial charge on any atom is 0.249 e. The monoisotopic (exact) mass is 325 g/mol. The summed E-state index contributed by atoms with van der Waals surface area (Å²) in [5.41, 5.74) is 1.86. The van der Waals surface area contributed by atoms with Gasteiger partial charge in [0.05, 0.1) is 11.9 Å². The van der Waals surface area contributed by atoms with Crippen molar-refractivity contribution in [1.82, 2.24) is 4.98 Å². The van der Waals surface area contributed by atoms with Crippen LogP contribution in [-0.4, -0.2) is 24.0 Å². The van der Waals surface area contributed by atoms with Crippen LogP contribution < -0.4 is 10.2 Å². The lowest BCUT2D eigenvalue weighted by Crippen LogP contribution is -2.29. The number of piperidine rings is 1. The first-order valence-corrected chi connectivity index (χ1v) is 8.16. The van der Waals surface area contributed by atoms with Crippen molar-refractivity contribution >= 4 is 23.5 Å². The molecule has 1 fully saturated rings. The SMILES string of the molecule is O=C(C=Cc1ccc(F)cc1)Nc1ccc(N2CCCCC2)cn1. The topological polar surface area (TPSA) is 45.2 Å². The number of hydrogen-bond donors (Lipinski definition) is 1. The molecule has 0 radical (unpaired) electrons. The Kier molecular flexibility index (Phi) is 5.21. The molecule has 1 N–H and O–H groups in total. The number of carbonyl (C=O) groups excluding carboxylic acids is 1. The number of pyridine rings is 1. The standard InChI is InChI=1S/C19H20FN3O/c20-16-7-4-15(5-8-16)6-11-19(24)22-18-10-9-17(14-21-18)23-12-2-1-3-13-23/h4-11,14H,1-3,12-13H2,(H,21,22,24). The summed E-state index contributed by atoms with van der Waals surface area (Å²) < 4.78 is 12.8. The third kappa shape index (κ3) is 4.41. The summed E-state index contributed by atoms with van der Waals surface area (Å²) in [6.45, 7) is 2.13. The van der Waals surface area contributed by atoms with Crippen LogP contribution in [0.1, 0.15) is 24.8 Å². The summed E-state index contributed by atoms with van der Waals surface area (Å²) >= 11 is 0. The van der Waals surface area contributed by atoms with Gasteiger partial charge in [0, 0.05) is 19.2 Å². The van der Waals surface area contributed by atoms with Crippen molar-refractivity contribution in [2.45, 2.75) is 19.3 Å². The van der Waals surface area contributed by atoms with Crippen LogP contribution in [0, 0.1) is 5.82 Å². The Bertz CT molecular complexity index is 704. The molecule has 5 heteroatoms. The Labute approximate surface area is 141 Å². The van der Waals surface area contributed by atoms with Crippen LogP contribution in [0.2, 0.25) is 0 Å². The van der Waals surface area contributed by atoms with Gasteiger partial charge in [0.25, 0.3) is 0 Å². The molecule has 4 nitrogen and oxygen atoms in total. The lowest BCUT2D eigenvalue weighted by molar-refractivity contribution is -0.111. The molecule has 1 aromatic carbocycles. The summed E-state index contributed by atoms with van der Waals surface area (Å²) in [5, 5.41) is 2.72. The summed E-state index contributed by atoms with van der Waals surface area (Å²) in [7, 11) is 0. The average molecular weight is 325 g/mol. The predicted molar refractivity (Wildman–Crippen MR) is 94.4 cm³/mol. The largest absolute Gasteiger partial charge is 0.370 e. The van der Waals surface area contributed by atoms with Crippen molar-refractivity contribution < 1.29 is 9.18 Å². The van der Waals surface area contributed by atoms with Gasteiger partial charge in [0.2, 0.25) is 5.91 Å². The molecule has 124 valence electrons. The Morgan fingerprint density at radius 2 is 1.83 bits per heavy atom. The first kappa shape index (κ1) is 16.2. The van der Waals surface area contributed by atoms with Crippen LogP contribution in [0.5, 0.6) is 0 Å². The van der Waals surface area contributed by atoms with Crippen molar-refractivity contribution in [3.05, 3.63) is 60.1 Å². The van der Waals surface area contributed by atoms with E-state index in [0.29, 0.717) is 5.82 Å². The smallest absolute Gasteiger partial charge is 0.249 e. The second-order valence-corrected chi connectivity index (χ2v) is 5.82. The second kappa shape index (κ2) is 7.73. The van der Waals surface area contributed by atoms with Crippen LogP contribution in [-0.2, 0) is 4.79 Å². The van der Waals surface area contributed by atoms with E-state index >= 15 is 0 Å². The Morgan fingerprint density at radius 1 is 1.08 bits per heavy atom. The normalized spacial score (nSPS) is 14.8. The molecule has 0 saturated carbocycles. The number of carbonyl (C=O) groups is 1. The molecule has 1 aliphatic heterocycles. The predicted octanol–water partition coefficient (Wildman–Crippen LogP) is 3.86. The highest BCUT2D eigenvalue weighted by Gasteiger charge is 2.11. The van der Waals surface area contributed by atoms with E-state index in [-0.39, 0.29) is 11.7 Å². The van der Waals surface area contributed by atoms with Crippen LogP contribution in [0.3, 0.4) is 0 Å². The molecule has 1 amide bonds. The minimum absolute atomic E-state index is 0.266. The van der Waals surface area contributed by atoms with Gasteiger partial charge < -0.3 is 10.2 Å². The minimum atomic E-state index is -0.297. The molecule has 1 aromatic heterocycles. The Morgan fingerprint density at radius 3 is 2.50 bits per heavy atom. The first-order chi connectivity index (χ1) is 11.7. The van der Waals surface area contributed by atoms with Gasteiger partial charge in [0.1, 0.15) is 11.6 Å². The summed E-state index contributed by atoms with van der Waals surface area (Å²) in [5.74, 6) is -0.0448. The molecule has 0 aliphatic carbocycles. The molecule has 0 atom stereocenters. The molecular weight excluding hydrogens is 305 g/mol.